The second-order valence-electron chi connectivity index (χ2n) is 7.03. The van der Waals surface area contributed by atoms with Gasteiger partial charge in [-0.15, -0.1) is 24.0 Å². The second kappa shape index (κ2) is 12.7. The van der Waals surface area contributed by atoms with Gasteiger partial charge in [0.15, 0.2) is 5.96 Å². The molecule has 2 aromatic carbocycles. The van der Waals surface area contributed by atoms with Crippen LogP contribution in [0.25, 0.3) is 5.69 Å². The number of hydrogen-bond acceptors (Lipinski definition) is 4. The van der Waals surface area contributed by atoms with Crippen LogP contribution in [-0.2, 0) is 13.0 Å². The van der Waals surface area contributed by atoms with E-state index in [9.17, 15) is 14.0 Å². The van der Waals surface area contributed by atoms with E-state index >= 15 is 0 Å². The van der Waals surface area contributed by atoms with Crippen LogP contribution in [0.5, 0.6) is 0 Å². The van der Waals surface area contributed by atoms with E-state index in [1.165, 1.54) is 0 Å². The van der Waals surface area contributed by atoms with Gasteiger partial charge >= 0.3 is 0 Å². The number of para-hydroxylation sites is 1. The summed E-state index contributed by atoms with van der Waals surface area (Å²) in [6.45, 7) is 3.09. The van der Waals surface area contributed by atoms with E-state index in [2.05, 4.69) is 26.8 Å². The van der Waals surface area contributed by atoms with Crippen LogP contribution in [0.4, 0.5) is 14.6 Å². The molecule has 1 aromatic heterocycles. The van der Waals surface area contributed by atoms with Gasteiger partial charge in [-0.1, -0.05) is 18.2 Å². The number of nitrogens with zero attached hydrogens (tertiary/aromatic N) is 4. The van der Waals surface area contributed by atoms with E-state index in [0.29, 0.717) is 49.0 Å². The monoisotopic (exact) mass is 565 g/mol. The van der Waals surface area contributed by atoms with Crippen molar-refractivity contribution in [1.29, 1.82) is 5.26 Å². The highest BCUT2D eigenvalue weighted by Gasteiger charge is 2.16. The molecule has 0 radical (unpaired) electrons. The number of nitriles is 1. The Labute approximate surface area is 208 Å². The van der Waals surface area contributed by atoms with Gasteiger partial charge in [0.25, 0.3) is 0 Å². The van der Waals surface area contributed by atoms with Crippen LogP contribution < -0.4 is 16.4 Å². The molecule has 0 amide bonds. The van der Waals surface area contributed by atoms with Gasteiger partial charge in [0.2, 0.25) is 0 Å². The van der Waals surface area contributed by atoms with Crippen molar-refractivity contribution in [3.8, 4) is 11.8 Å². The van der Waals surface area contributed by atoms with Gasteiger partial charge in [0, 0.05) is 18.7 Å². The van der Waals surface area contributed by atoms with E-state index in [1.54, 1.807) is 4.68 Å². The number of aliphatic imine (C=N–C) groups is 1. The number of anilines is 1. The predicted octanol–water partition coefficient (Wildman–Crippen LogP) is 3.91. The van der Waals surface area contributed by atoms with Crippen LogP contribution in [0.1, 0.15) is 30.2 Å². The SMILES string of the molecule is CCNC(=NCc1cc(F)ccc1F)NCCCc1nn(-c2ccccc2)c(N)c1C#N.I. The molecule has 4 N–H and O–H groups in total. The van der Waals surface area contributed by atoms with Crippen LogP contribution in [0, 0.1) is 23.0 Å². The Bertz CT molecular complexity index is 1120. The third-order valence-corrected chi connectivity index (χ3v) is 4.75. The van der Waals surface area contributed by atoms with Gasteiger partial charge in [-0.2, -0.15) is 10.4 Å². The molecule has 33 heavy (non-hydrogen) atoms. The summed E-state index contributed by atoms with van der Waals surface area (Å²) in [5, 5.41) is 20.3. The molecule has 0 aliphatic carbocycles. The van der Waals surface area contributed by atoms with E-state index in [4.69, 9.17) is 5.73 Å². The number of halogens is 3. The average Bonchev–Trinajstić information content (AvgIpc) is 3.12. The minimum absolute atomic E-state index is 0. The first kappa shape index (κ1) is 26.1. The highest BCUT2D eigenvalue weighted by atomic mass is 127. The lowest BCUT2D eigenvalue weighted by atomic mass is 10.1. The van der Waals surface area contributed by atoms with Gasteiger partial charge in [0.05, 0.1) is 17.9 Å². The smallest absolute Gasteiger partial charge is 0.191 e. The Kier molecular flexibility index (Phi) is 10.1. The predicted molar refractivity (Wildman–Crippen MR) is 136 cm³/mol. The number of rotatable bonds is 8. The van der Waals surface area contributed by atoms with Crippen molar-refractivity contribution >= 4 is 35.8 Å². The molecule has 0 fully saturated rings. The fourth-order valence-corrected chi connectivity index (χ4v) is 3.17. The largest absolute Gasteiger partial charge is 0.382 e. The Morgan fingerprint density at radius 2 is 1.94 bits per heavy atom. The topological polar surface area (TPSA) is 104 Å². The molecular weight excluding hydrogens is 539 g/mol. The van der Waals surface area contributed by atoms with Crippen LogP contribution in [0.15, 0.2) is 53.5 Å². The summed E-state index contributed by atoms with van der Waals surface area (Å²) >= 11 is 0. The van der Waals surface area contributed by atoms with Crippen LogP contribution in [0.3, 0.4) is 0 Å². The zero-order valence-corrected chi connectivity index (χ0v) is 20.5. The second-order valence-corrected chi connectivity index (χ2v) is 7.03. The van der Waals surface area contributed by atoms with Gasteiger partial charge in [-0.3, -0.25) is 0 Å². The lowest BCUT2D eigenvalue weighted by molar-refractivity contribution is 0.585. The van der Waals surface area contributed by atoms with Gasteiger partial charge in [0.1, 0.15) is 29.1 Å². The number of aromatic nitrogens is 2. The molecule has 174 valence electrons. The van der Waals surface area contributed by atoms with Gasteiger partial charge in [-0.05, 0) is 50.1 Å². The van der Waals surface area contributed by atoms with Crippen molar-refractivity contribution in [3.05, 3.63) is 77.0 Å². The first-order chi connectivity index (χ1) is 15.5. The lowest BCUT2D eigenvalue weighted by Gasteiger charge is -2.11. The third kappa shape index (κ3) is 6.89. The van der Waals surface area contributed by atoms with Crippen molar-refractivity contribution in [3.63, 3.8) is 0 Å². The molecule has 0 aliphatic rings. The number of guanidine groups is 1. The normalized spacial score (nSPS) is 10.9. The third-order valence-electron chi connectivity index (χ3n) is 4.75. The Morgan fingerprint density at radius 3 is 2.64 bits per heavy atom. The Balaban J connectivity index is 0.00000385. The minimum atomic E-state index is -0.503. The standard InChI is InChI=1S/C23H25F2N7.HI/c1-2-28-23(30-15-16-13-17(24)10-11-20(16)25)29-12-6-9-21-19(14-26)22(27)32(31-21)18-7-4-3-5-8-18;/h3-5,7-8,10-11,13H,2,6,9,12,15,27H2,1H3,(H2,28,29,30);1H. The maximum Gasteiger partial charge on any atom is 0.191 e. The molecule has 0 aliphatic heterocycles. The first-order valence-corrected chi connectivity index (χ1v) is 10.3. The highest BCUT2D eigenvalue weighted by Crippen LogP contribution is 2.21. The maximum absolute atomic E-state index is 13.8. The number of benzene rings is 2. The molecule has 0 bridgehead atoms. The molecular formula is C23H26F2IN7. The number of nitrogens with one attached hydrogen (secondary N) is 2. The van der Waals surface area contributed by atoms with Crippen LogP contribution in [-0.4, -0.2) is 28.8 Å². The fraction of sp³-hybridized carbons (Fsp3) is 0.261. The summed E-state index contributed by atoms with van der Waals surface area (Å²) in [5.41, 5.74) is 8.10. The Hall–Kier alpha value is -3.20. The van der Waals surface area contributed by atoms with Gasteiger partial charge in [-0.25, -0.2) is 18.5 Å². The molecule has 10 heteroatoms. The van der Waals surface area contributed by atoms with Crippen molar-refractivity contribution < 1.29 is 8.78 Å². The molecule has 0 atom stereocenters. The lowest BCUT2D eigenvalue weighted by Crippen LogP contribution is -2.37. The number of nitrogens with two attached hydrogens (primary N) is 1. The van der Waals surface area contributed by atoms with Crippen molar-refractivity contribution in [2.24, 2.45) is 4.99 Å². The van der Waals surface area contributed by atoms with Crippen molar-refractivity contribution in [2.75, 3.05) is 18.8 Å². The van der Waals surface area contributed by atoms with E-state index in [0.717, 1.165) is 23.9 Å². The zero-order valence-electron chi connectivity index (χ0n) is 18.2. The number of aryl methyl sites for hydroxylation is 1. The molecule has 1 heterocycles. The maximum atomic E-state index is 13.8. The molecule has 0 saturated carbocycles. The van der Waals surface area contributed by atoms with Crippen LogP contribution >= 0.6 is 24.0 Å². The molecule has 0 saturated heterocycles. The minimum Gasteiger partial charge on any atom is -0.382 e. The van der Waals surface area contributed by atoms with Gasteiger partial charge < -0.3 is 16.4 Å². The molecule has 3 aromatic rings. The molecule has 7 nitrogen and oxygen atoms in total. The summed E-state index contributed by atoms with van der Waals surface area (Å²) in [6.07, 6.45) is 1.20. The number of nitrogen functional groups attached to an aromatic ring is 1. The van der Waals surface area contributed by atoms with Crippen molar-refractivity contribution in [2.45, 2.75) is 26.3 Å². The number of hydrogen-bond donors (Lipinski definition) is 3. The fourth-order valence-electron chi connectivity index (χ4n) is 3.17. The average molecular weight is 565 g/mol. The quantitative estimate of drug-likeness (QED) is 0.166. The Morgan fingerprint density at radius 1 is 1.18 bits per heavy atom. The van der Waals surface area contributed by atoms with E-state index in [1.807, 2.05) is 37.3 Å². The summed E-state index contributed by atoms with van der Waals surface area (Å²) in [5.74, 6) is -0.196. The van der Waals surface area contributed by atoms with Crippen molar-refractivity contribution in [1.82, 2.24) is 20.4 Å². The molecule has 0 unspecified atom stereocenters. The van der Waals surface area contributed by atoms with E-state index in [-0.39, 0.29) is 36.1 Å². The zero-order chi connectivity index (χ0) is 22.9. The summed E-state index contributed by atoms with van der Waals surface area (Å²) in [6, 6.07) is 14.8. The highest BCUT2D eigenvalue weighted by molar-refractivity contribution is 14.0. The first-order valence-electron chi connectivity index (χ1n) is 10.3. The van der Waals surface area contributed by atoms with E-state index < -0.39 is 11.6 Å². The summed E-state index contributed by atoms with van der Waals surface area (Å²) < 4.78 is 28.7. The molecule has 3 rings (SSSR count). The summed E-state index contributed by atoms with van der Waals surface area (Å²) in [7, 11) is 0. The summed E-state index contributed by atoms with van der Waals surface area (Å²) in [4.78, 5) is 4.32. The van der Waals surface area contributed by atoms with Crippen LogP contribution in [0.2, 0.25) is 0 Å². The molecule has 0 spiro atoms.